The van der Waals surface area contributed by atoms with Crippen LogP contribution in [0.4, 0.5) is 9.18 Å². The smallest absolute Gasteiger partial charge is 0.410 e. The molecule has 0 aliphatic carbocycles. The van der Waals surface area contributed by atoms with Crippen LogP contribution in [0.15, 0.2) is 12.1 Å². The maximum absolute atomic E-state index is 13.8. The molecule has 0 atom stereocenters. The van der Waals surface area contributed by atoms with Crippen molar-refractivity contribution in [3.05, 3.63) is 29.1 Å². The standard InChI is InChI=1S/C18H22FNO5/c1-17(2,3)25-16(23)20-6-4-18(5-7-20)10-24-14-9-13(19)11(15(21)22)8-12(14)18/h8-9H,4-7,10H2,1-3H3,(H,21,22). The minimum Gasteiger partial charge on any atom is -0.492 e. The fourth-order valence-electron chi connectivity index (χ4n) is 3.40. The summed E-state index contributed by atoms with van der Waals surface area (Å²) in [6.45, 7) is 6.79. The molecule has 0 bridgehead atoms. The average Bonchev–Trinajstić information content (AvgIpc) is 2.83. The van der Waals surface area contributed by atoms with Crippen molar-refractivity contribution in [1.82, 2.24) is 4.90 Å². The van der Waals surface area contributed by atoms with Crippen molar-refractivity contribution in [2.45, 2.75) is 44.6 Å². The third-order valence-electron chi connectivity index (χ3n) is 4.75. The molecule has 1 N–H and O–H groups in total. The topological polar surface area (TPSA) is 76.1 Å². The van der Waals surface area contributed by atoms with Gasteiger partial charge < -0.3 is 19.5 Å². The lowest BCUT2D eigenvalue weighted by molar-refractivity contribution is 0.0152. The van der Waals surface area contributed by atoms with E-state index in [1.165, 1.54) is 6.07 Å². The Kier molecular flexibility index (Phi) is 4.13. The number of carbonyl (C=O) groups excluding carboxylic acids is 1. The maximum atomic E-state index is 13.8. The number of carboxylic acid groups (broad SMARTS) is 1. The van der Waals surface area contributed by atoms with Gasteiger partial charge in [-0.15, -0.1) is 0 Å². The Balaban J connectivity index is 1.79. The van der Waals surface area contributed by atoms with Crippen molar-refractivity contribution < 1.29 is 28.6 Å². The second-order valence-corrected chi connectivity index (χ2v) is 7.67. The van der Waals surface area contributed by atoms with Crippen LogP contribution in [-0.2, 0) is 10.2 Å². The van der Waals surface area contributed by atoms with E-state index in [0.29, 0.717) is 38.3 Å². The molecule has 3 rings (SSSR count). The quantitative estimate of drug-likeness (QED) is 0.841. The van der Waals surface area contributed by atoms with E-state index in [1.807, 2.05) is 20.8 Å². The van der Waals surface area contributed by atoms with Crippen molar-refractivity contribution in [1.29, 1.82) is 0 Å². The third-order valence-corrected chi connectivity index (χ3v) is 4.75. The van der Waals surface area contributed by atoms with Gasteiger partial charge in [0.1, 0.15) is 17.2 Å². The number of ether oxygens (including phenoxy) is 2. The zero-order valence-corrected chi connectivity index (χ0v) is 14.6. The molecule has 1 aromatic carbocycles. The molecule has 6 nitrogen and oxygen atoms in total. The number of carbonyl (C=O) groups is 2. The summed E-state index contributed by atoms with van der Waals surface area (Å²) in [5.41, 5.74) is -0.567. The lowest BCUT2D eigenvalue weighted by Crippen LogP contribution is -2.47. The molecular formula is C18H22FNO5. The van der Waals surface area contributed by atoms with Crippen molar-refractivity contribution >= 4 is 12.1 Å². The van der Waals surface area contributed by atoms with Crippen LogP contribution in [0.5, 0.6) is 5.75 Å². The second kappa shape index (κ2) is 5.89. The highest BCUT2D eigenvalue weighted by atomic mass is 19.1. The highest BCUT2D eigenvalue weighted by Crippen LogP contribution is 2.46. The lowest BCUT2D eigenvalue weighted by atomic mass is 9.74. The number of nitrogens with zero attached hydrogens (tertiary/aromatic N) is 1. The predicted octanol–water partition coefficient (Wildman–Crippen LogP) is 3.19. The average molecular weight is 351 g/mol. The molecule has 1 amide bonds. The lowest BCUT2D eigenvalue weighted by Gasteiger charge is -2.39. The minimum atomic E-state index is -1.30. The first kappa shape index (κ1) is 17.5. The molecule has 0 saturated carbocycles. The predicted molar refractivity (Wildman–Crippen MR) is 87.6 cm³/mol. The van der Waals surface area contributed by atoms with E-state index in [4.69, 9.17) is 14.6 Å². The Morgan fingerprint density at radius 2 is 1.92 bits per heavy atom. The van der Waals surface area contributed by atoms with Crippen LogP contribution < -0.4 is 4.74 Å². The summed E-state index contributed by atoms with van der Waals surface area (Å²) in [6, 6.07) is 2.52. The van der Waals surface area contributed by atoms with Gasteiger partial charge in [-0.2, -0.15) is 0 Å². The Labute approximate surface area is 145 Å². The number of likely N-dealkylation sites (tertiary alicyclic amines) is 1. The number of hydrogen-bond donors (Lipinski definition) is 1. The number of rotatable bonds is 1. The number of amides is 1. The van der Waals surface area contributed by atoms with Crippen LogP contribution in [0.25, 0.3) is 0 Å². The number of aromatic carboxylic acids is 1. The number of carboxylic acids is 1. The summed E-state index contributed by atoms with van der Waals surface area (Å²) in [5, 5.41) is 9.16. The van der Waals surface area contributed by atoms with Gasteiger partial charge in [-0.1, -0.05) is 0 Å². The van der Waals surface area contributed by atoms with Gasteiger partial charge in [0.25, 0.3) is 0 Å². The molecule has 1 fully saturated rings. The SMILES string of the molecule is CC(C)(C)OC(=O)N1CCC2(CC1)COc1cc(F)c(C(=O)O)cc12. The van der Waals surface area contributed by atoms with E-state index in [-0.39, 0.29) is 17.1 Å². The van der Waals surface area contributed by atoms with Crippen LogP contribution in [0.1, 0.15) is 49.5 Å². The van der Waals surface area contributed by atoms with Gasteiger partial charge in [-0.3, -0.25) is 0 Å². The van der Waals surface area contributed by atoms with Gasteiger partial charge >= 0.3 is 12.1 Å². The highest BCUT2D eigenvalue weighted by Gasteiger charge is 2.45. The first-order chi connectivity index (χ1) is 11.6. The first-order valence-corrected chi connectivity index (χ1v) is 8.29. The van der Waals surface area contributed by atoms with Gasteiger partial charge in [0.2, 0.25) is 0 Å². The number of benzene rings is 1. The van der Waals surface area contributed by atoms with Gasteiger partial charge in [0, 0.05) is 30.1 Å². The van der Waals surface area contributed by atoms with Gasteiger partial charge in [-0.25, -0.2) is 14.0 Å². The zero-order chi connectivity index (χ0) is 18.4. The molecule has 0 aromatic heterocycles. The summed E-state index contributed by atoms with van der Waals surface area (Å²) >= 11 is 0. The number of fused-ring (bicyclic) bond motifs is 2. The third kappa shape index (κ3) is 3.27. The second-order valence-electron chi connectivity index (χ2n) is 7.67. The zero-order valence-electron chi connectivity index (χ0n) is 14.6. The van der Waals surface area contributed by atoms with E-state index < -0.39 is 17.4 Å². The summed E-state index contributed by atoms with van der Waals surface area (Å²) in [6.07, 6.45) is 0.875. The molecule has 0 unspecified atom stereocenters. The van der Waals surface area contributed by atoms with Gasteiger partial charge in [-0.05, 0) is 39.7 Å². The van der Waals surface area contributed by atoms with Crippen LogP contribution in [0.2, 0.25) is 0 Å². The molecule has 0 radical (unpaired) electrons. The van der Waals surface area contributed by atoms with Gasteiger partial charge in [0.05, 0.1) is 12.2 Å². The highest BCUT2D eigenvalue weighted by molar-refractivity contribution is 5.88. The van der Waals surface area contributed by atoms with Crippen LogP contribution in [0, 0.1) is 5.82 Å². The van der Waals surface area contributed by atoms with Crippen molar-refractivity contribution in [3.8, 4) is 5.75 Å². The van der Waals surface area contributed by atoms with Crippen LogP contribution in [0.3, 0.4) is 0 Å². The summed E-state index contributed by atoms with van der Waals surface area (Å²) in [4.78, 5) is 25.1. The minimum absolute atomic E-state index is 0.349. The maximum Gasteiger partial charge on any atom is 0.410 e. The Morgan fingerprint density at radius 1 is 1.28 bits per heavy atom. The monoisotopic (exact) mass is 351 g/mol. The summed E-state index contributed by atoms with van der Waals surface area (Å²) < 4.78 is 24.9. The number of halogens is 1. The van der Waals surface area contributed by atoms with E-state index in [9.17, 15) is 14.0 Å². The molecule has 1 saturated heterocycles. The van der Waals surface area contributed by atoms with Gasteiger partial charge in [0.15, 0.2) is 0 Å². The van der Waals surface area contributed by atoms with E-state index in [1.54, 1.807) is 4.90 Å². The fourth-order valence-corrected chi connectivity index (χ4v) is 3.40. The summed E-state index contributed by atoms with van der Waals surface area (Å²) in [5.74, 6) is -1.70. The Morgan fingerprint density at radius 3 is 2.48 bits per heavy atom. The van der Waals surface area contributed by atoms with Crippen molar-refractivity contribution in [2.24, 2.45) is 0 Å². The van der Waals surface area contributed by atoms with Crippen LogP contribution >= 0.6 is 0 Å². The molecule has 2 aliphatic rings. The number of piperidine rings is 1. The molecular weight excluding hydrogens is 329 g/mol. The normalized spacial score (nSPS) is 18.6. The molecule has 136 valence electrons. The Hall–Kier alpha value is -2.31. The van der Waals surface area contributed by atoms with E-state index in [0.717, 1.165) is 11.6 Å². The van der Waals surface area contributed by atoms with Crippen molar-refractivity contribution in [2.75, 3.05) is 19.7 Å². The molecule has 25 heavy (non-hydrogen) atoms. The molecule has 1 spiro atoms. The van der Waals surface area contributed by atoms with E-state index in [2.05, 4.69) is 0 Å². The number of hydrogen-bond acceptors (Lipinski definition) is 4. The van der Waals surface area contributed by atoms with E-state index >= 15 is 0 Å². The molecule has 2 heterocycles. The Bertz CT molecular complexity index is 717. The largest absolute Gasteiger partial charge is 0.492 e. The van der Waals surface area contributed by atoms with Crippen molar-refractivity contribution in [3.63, 3.8) is 0 Å². The molecule has 1 aromatic rings. The first-order valence-electron chi connectivity index (χ1n) is 8.29. The van der Waals surface area contributed by atoms with Crippen LogP contribution in [-0.4, -0.2) is 47.4 Å². The fraction of sp³-hybridized carbons (Fsp3) is 0.556. The molecule has 2 aliphatic heterocycles. The summed E-state index contributed by atoms with van der Waals surface area (Å²) in [7, 11) is 0. The molecule has 7 heteroatoms.